The van der Waals surface area contributed by atoms with Crippen molar-refractivity contribution in [2.24, 2.45) is 0 Å². The molecule has 138 valence electrons. The molecule has 1 aliphatic rings. The topological polar surface area (TPSA) is 55.8 Å². The van der Waals surface area contributed by atoms with Crippen molar-refractivity contribution in [3.8, 4) is 11.5 Å². The molecule has 0 radical (unpaired) electrons. The number of rotatable bonds is 4. The van der Waals surface area contributed by atoms with Crippen LogP contribution in [0.5, 0.6) is 11.5 Å². The van der Waals surface area contributed by atoms with E-state index in [2.05, 4.69) is 34.6 Å². The number of aromatic carboxylic acids is 1. The maximum absolute atomic E-state index is 11.0. The van der Waals surface area contributed by atoms with Crippen LogP contribution in [0.1, 0.15) is 58.4 Å². The Morgan fingerprint density at radius 1 is 1.12 bits per heavy atom. The van der Waals surface area contributed by atoms with Crippen molar-refractivity contribution < 1.29 is 19.4 Å². The third kappa shape index (κ3) is 3.41. The van der Waals surface area contributed by atoms with Gasteiger partial charge in [0, 0.05) is 5.56 Å². The minimum Gasteiger partial charge on any atom is -0.488 e. The van der Waals surface area contributed by atoms with E-state index >= 15 is 0 Å². The monoisotopic (exact) mass is 354 g/mol. The normalized spacial score (nSPS) is 15.1. The number of benzene rings is 2. The van der Waals surface area contributed by atoms with Crippen molar-refractivity contribution in [3.05, 3.63) is 57.6 Å². The van der Waals surface area contributed by atoms with E-state index in [-0.39, 0.29) is 11.2 Å². The smallest absolute Gasteiger partial charge is 0.335 e. The highest BCUT2D eigenvalue weighted by atomic mass is 16.5. The zero-order chi connectivity index (χ0) is 19.1. The fourth-order valence-corrected chi connectivity index (χ4v) is 3.46. The Kier molecular flexibility index (Phi) is 4.70. The zero-order valence-corrected chi connectivity index (χ0v) is 16.1. The molecule has 0 unspecified atom stereocenters. The highest BCUT2D eigenvalue weighted by Gasteiger charge is 2.31. The molecule has 0 spiro atoms. The summed E-state index contributed by atoms with van der Waals surface area (Å²) in [6.45, 7) is 10.9. The first-order valence-corrected chi connectivity index (χ1v) is 8.96. The molecule has 1 N–H and O–H groups in total. The first-order valence-electron chi connectivity index (χ1n) is 8.96. The van der Waals surface area contributed by atoms with Gasteiger partial charge in [0.1, 0.15) is 23.7 Å². The molecule has 4 heteroatoms. The lowest BCUT2D eigenvalue weighted by Crippen LogP contribution is -2.33. The van der Waals surface area contributed by atoms with E-state index in [4.69, 9.17) is 14.6 Å². The molecule has 2 aromatic rings. The van der Waals surface area contributed by atoms with Crippen LogP contribution in [0.2, 0.25) is 0 Å². The summed E-state index contributed by atoms with van der Waals surface area (Å²) in [7, 11) is 0. The fraction of sp³-hybridized carbons (Fsp3) is 0.409. The van der Waals surface area contributed by atoms with Gasteiger partial charge in [0.15, 0.2) is 0 Å². The minimum absolute atomic E-state index is 0.134. The number of carbonyl (C=O) groups is 1. The van der Waals surface area contributed by atoms with Crippen molar-refractivity contribution in [2.75, 3.05) is 0 Å². The van der Waals surface area contributed by atoms with E-state index < -0.39 is 5.97 Å². The van der Waals surface area contributed by atoms with Crippen LogP contribution in [-0.2, 0) is 13.0 Å². The van der Waals surface area contributed by atoms with Crippen LogP contribution in [0.4, 0.5) is 0 Å². The minimum atomic E-state index is -0.919. The number of carboxylic acids is 1. The van der Waals surface area contributed by atoms with Crippen molar-refractivity contribution in [2.45, 2.75) is 59.7 Å². The van der Waals surface area contributed by atoms with Gasteiger partial charge in [-0.1, -0.05) is 12.1 Å². The first-order chi connectivity index (χ1) is 12.2. The molecule has 0 aromatic heterocycles. The van der Waals surface area contributed by atoms with Gasteiger partial charge in [-0.25, -0.2) is 4.79 Å². The Morgan fingerprint density at radius 3 is 2.38 bits per heavy atom. The molecule has 0 amide bonds. The van der Waals surface area contributed by atoms with Crippen LogP contribution in [0.3, 0.4) is 0 Å². The summed E-state index contributed by atoms with van der Waals surface area (Å²) in [4.78, 5) is 11.0. The van der Waals surface area contributed by atoms with E-state index in [9.17, 15) is 4.79 Å². The summed E-state index contributed by atoms with van der Waals surface area (Å²) in [5.41, 5.74) is 5.71. The molecule has 0 fully saturated rings. The molecule has 1 aliphatic heterocycles. The van der Waals surface area contributed by atoms with Crippen molar-refractivity contribution >= 4 is 5.97 Å². The summed E-state index contributed by atoms with van der Waals surface area (Å²) < 4.78 is 12.4. The summed E-state index contributed by atoms with van der Waals surface area (Å²) >= 11 is 0. The third-order valence-electron chi connectivity index (χ3n) is 5.25. The molecular weight excluding hydrogens is 328 g/mol. The number of hydrogen-bond acceptors (Lipinski definition) is 3. The predicted molar refractivity (Wildman–Crippen MR) is 101 cm³/mol. The van der Waals surface area contributed by atoms with Gasteiger partial charge in [-0.15, -0.1) is 0 Å². The third-order valence-corrected chi connectivity index (χ3v) is 5.25. The summed E-state index contributed by atoms with van der Waals surface area (Å²) in [5, 5.41) is 8.99. The Hall–Kier alpha value is -2.49. The molecule has 3 rings (SSSR count). The lowest BCUT2D eigenvalue weighted by molar-refractivity contribution is 0.0696. The van der Waals surface area contributed by atoms with Crippen LogP contribution in [-0.4, -0.2) is 16.7 Å². The lowest BCUT2D eigenvalue weighted by atomic mass is 9.88. The van der Waals surface area contributed by atoms with Gasteiger partial charge in [-0.3, -0.25) is 0 Å². The average molecular weight is 354 g/mol. The van der Waals surface area contributed by atoms with Crippen molar-refractivity contribution in [1.82, 2.24) is 0 Å². The van der Waals surface area contributed by atoms with Gasteiger partial charge in [-0.2, -0.15) is 0 Å². The number of fused-ring (bicyclic) bond motifs is 1. The van der Waals surface area contributed by atoms with Gasteiger partial charge >= 0.3 is 5.97 Å². The molecular formula is C22H26O4. The van der Waals surface area contributed by atoms with Gasteiger partial charge in [0.2, 0.25) is 0 Å². The van der Waals surface area contributed by atoms with Crippen LogP contribution < -0.4 is 9.47 Å². The second kappa shape index (κ2) is 6.67. The molecule has 2 aromatic carbocycles. The SMILES string of the molecule is Cc1c(C)c2c(c(C)c1OCc1ccc(C(=O)O)cc1)CCC(C)(C)O2. The van der Waals surface area contributed by atoms with E-state index in [1.165, 1.54) is 5.56 Å². The Morgan fingerprint density at radius 2 is 1.77 bits per heavy atom. The van der Waals surface area contributed by atoms with Gasteiger partial charge in [-0.05, 0) is 81.8 Å². The zero-order valence-electron chi connectivity index (χ0n) is 16.1. The average Bonchev–Trinajstić information content (AvgIpc) is 2.59. The van der Waals surface area contributed by atoms with E-state index in [1.54, 1.807) is 24.3 Å². The highest BCUT2D eigenvalue weighted by Crippen LogP contribution is 2.43. The van der Waals surface area contributed by atoms with Gasteiger partial charge < -0.3 is 14.6 Å². The quantitative estimate of drug-likeness (QED) is 0.840. The van der Waals surface area contributed by atoms with Crippen molar-refractivity contribution in [1.29, 1.82) is 0 Å². The summed E-state index contributed by atoms with van der Waals surface area (Å²) in [6, 6.07) is 6.81. The number of hydrogen-bond donors (Lipinski definition) is 1. The lowest BCUT2D eigenvalue weighted by Gasteiger charge is -2.35. The van der Waals surface area contributed by atoms with Crippen molar-refractivity contribution in [3.63, 3.8) is 0 Å². The number of carboxylic acid groups (broad SMARTS) is 1. The first kappa shape index (κ1) is 18.3. The van der Waals surface area contributed by atoms with E-state index in [0.29, 0.717) is 6.61 Å². The van der Waals surface area contributed by atoms with E-state index in [0.717, 1.165) is 46.6 Å². The predicted octanol–water partition coefficient (Wildman–Crippen LogP) is 4.99. The fourth-order valence-electron chi connectivity index (χ4n) is 3.46. The Bertz CT molecular complexity index is 848. The van der Waals surface area contributed by atoms with Crippen LogP contribution >= 0.6 is 0 Å². The maximum atomic E-state index is 11.0. The molecule has 0 saturated heterocycles. The summed E-state index contributed by atoms with van der Waals surface area (Å²) in [5.74, 6) is 0.999. The molecule has 0 aliphatic carbocycles. The Balaban J connectivity index is 1.87. The largest absolute Gasteiger partial charge is 0.488 e. The molecule has 26 heavy (non-hydrogen) atoms. The van der Waals surface area contributed by atoms with Crippen LogP contribution in [0, 0.1) is 20.8 Å². The maximum Gasteiger partial charge on any atom is 0.335 e. The highest BCUT2D eigenvalue weighted by molar-refractivity contribution is 5.87. The standard InChI is InChI=1S/C22H26O4/c1-13-14(2)20-18(10-11-22(4,5)26-20)15(3)19(13)25-12-16-6-8-17(9-7-16)21(23)24/h6-9H,10-12H2,1-5H3,(H,23,24). The van der Waals surface area contributed by atoms with Gasteiger partial charge in [0.05, 0.1) is 5.56 Å². The van der Waals surface area contributed by atoms with Crippen LogP contribution in [0.15, 0.2) is 24.3 Å². The molecule has 0 atom stereocenters. The molecule has 4 nitrogen and oxygen atoms in total. The molecule has 1 heterocycles. The van der Waals surface area contributed by atoms with Gasteiger partial charge in [0.25, 0.3) is 0 Å². The second-order valence-electron chi connectivity index (χ2n) is 7.66. The second-order valence-corrected chi connectivity index (χ2v) is 7.66. The Labute approximate surface area is 154 Å². The van der Waals surface area contributed by atoms with E-state index in [1.807, 2.05) is 0 Å². The molecule has 0 saturated carbocycles. The number of ether oxygens (including phenoxy) is 2. The van der Waals surface area contributed by atoms with Crippen LogP contribution in [0.25, 0.3) is 0 Å². The molecule has 0 bridgehead atoms. The summed E-state index contributed by atoms with van der Waals surface area (Å²) in [6.07, 6.45) is 1.97.